The van der Waals surface area contributed by atoms with Gasteiger partial charge < -0.3 is 10.1 Å². The molecule has 8 heteroatoms. The number of ether oxygens (including phenoxy) is 1. The van der Waals surface area contributed by atoms with Crippen LogP contribution in [-0.2, 0) is 11.3 Å². The fourth-order valence-corrected chi connectivity index (χ4v) is 3.04. The molecular weight excluding hydrogens is 270 g/mol. The number of hydrogen-bond acceptors (Lipinski definition) is 8. The zero-order valence-electron chi connectivity index (χ0n) is 10.3. The van der Waals surface area contributed by atoms with Gasteiger partial charge >= 0.3 is 0 Å². The summed E-state index contributed by atoms with van der Waals surface area (Å²) in [5, 5.41) is 12.8. The normalized spacial score (nSPS) is 10.6. The summed E-state index contributed by atoms with van der Waals surface area (Å²) in [4.78, 5) is 8.70. The van der Waals surface area contributed by atoms with E-state index in [0.29, 0.717) is 12.4 Å². The van der Waals surface area contributed by atoms with Crippen molar-refractivity contribution < 1.29 is 4.74 Å². The third-order valence-corrected chi connectivity index (χ3v) is 3.79. The Balaban J connectivity index is 2.23. The van der Waals surface area contributed by atoms with Crippen LogP contribution in [0.3, 0.4) is 0 Å². The Hall–Kier alpha value is -1.25. The minimum Gasteiger partial charge on any atom is -0.377 e. The summed E-state index contributed by atoms with van der Waals surface area (Å²) < 4.78 is 5.92. The number of aryl methyl sites for hydroxylation is 1. The van der Waals surface area contributed by atoms with Crippen LogP contribution in [0.5, 0.6) is 0 Å². The van der Waals surface area contributed by atoms with Gasteiger partial charge in [-0.3, -0.25) is 0 Å². The van der Waals surface area contributed by atoms with Gasteiger partial charge in [0.2, 0.25) is 0 Å². The van der Waals surface area contributed by atoms with E-state index in [9.17, 15) is 0 Å². The van der Waals surface area contributed by atoms with Crippen LogP contribution in [0.25, 0.3) is 0 Å². The fourth-order valence-electron chi connectivity index (χ4n) is 1.26. The highest BCUT2D eigenvalue weighted by Gasteiger charge is 2.08. The van der Waals surface area contributed by atoms with Gasteiger partial charge in [0.05, 0.1) is 0 Å². The molecule has 0 aliphatic rings. The van der Waals surface area contributed by atoms with Gasteiger partial charge in [0.25, 0.3) is 0 Å². The average Bonchev–Trinajstić information content (AvgIpc) is 2.75. The highest BCUT2D eigenvalue weighted by atomic mass is 32.2. The van der Waals surface area contributed by atoms with E-state index in [4.69, 9.17) is 4.74 Å². The van der Waals surface area contributed by atoms with Crippen molar-refractivity contribution in [3.8, 4) is 0 Å². The minimum atomic E-state index is 0.387. The molecule has 0 aliphatic heterocycles. The standard InChI is InChI=1S/C10H13N5OS2/c1-6-14-15-10(17-6)18-9-4-7(11-2)12-8(13-9)5-16-3/h4H,5H2,1-3H3,(H,11,12,13). The second kappa shape index (κ2) is 6.07. The predicted octanol–water partition coefficient (Wildman–Crippen LogP) is 1.98. The van der Waals surface area contributed by atoms with Crippen LogP contribution < -0.4 is 5.32 Å². The first-order chi connectivity index (χ1) is 8.71. The van der Waals surface area contributed by atoms with Gasteiger partial charge in [0, 0.05) is 20.2 Å². The number of methoxy groups -OCH3 is 1. The molecule has 1 N–H and O–H groups in total. The van der Waals surface area contributed by atoms with E-state index in [-0.39, 0.29) is 0 Å². The Morgan fingerprint density at radius 2 is 2.22 bits per heavy atom. The molecule has 0 fully saturated rings. The van der Waals surface area contributed by atoms with Crippen LogP contribution in [0.1, 0.15) is 10.8 Å². The molecule has 2 heterocycles. The topological polar surface area (TPSA) is 72.8 Å². The Labute approximate surface area is 113 Å². The number of aromatic nitrogens is 4. The summed E-state index contributed by atoms with van der Waals surface area (Å²) in [5.41, 5.74) is 0. The SMILES string of the molecule is CNc1cc(Sc2nnc(C)s2)nc(COC)n1. The molecule has 0 saturated carbocycles. The lowest BCUT2D eigenvalue weighted by atomic mass is 10.5. The molecule has 0 amide bonds. The predicted molar refractivity (Wildman–Crippen MR) is 71.1 cm³/mol. The maximum atomic E-state index is 5.05. The Bertz CT molecular complexity index is 531. The molecule has 0 radical (unpaired) electrons. The molecule has 2 aromatic rings. The van der Waals surface area contributed by atoms with Gasteiger partial charge in [-0.2, -0.15) is 0 Å². The molecule has 2 aromatic heterocycles. The van der Waals surface area contributed by atoms with E-state index in [1.165, 1.54) is 11.8 Å². The van der Waals surface area contributed by atoms with Crippen LogP contribution in [0.4, 0.5) is 5.82 Å². The van der Waals surface area contributed by atoms with Crippen molar-refractivity contribution in [1.29, 1.82) is 0 Å². The van der Waals surface area contributed by atoms with Gasteiger partial charge in [-0.15, -0.1) is 10.2 Å². The van der Waals surface area contributed by atoms with Crippen LogP contribution in [0, 0.1) is 6.92 Å². The van der Waals surface area contributed by atoms with Crippen LogP contribution in [0.15, 0.2) is 15.4 Å². The van der Waals surface area contributed by atoms with Crippen molar-refractivity contribution >= 4 is 28.9 Å². The van der Waals surface area contributed by atoms with Gasteiger partial charge in [-0.25, -0.2) is 9.97 Å². The van der Waals surface area contributed by atoms with E-state index < -0.39 is 0 Å². The number of rotatable bonds is 5. The second-order valence-corrected chi connectivity index (χ2v) is 5.83. The third kappa shape index (κ3) is 3.37. The summed E-state index contributed by atoms with van der Waals surface area (Å²) in [6.45, 7) is 2.31. The molecule has 0 aliphatic carbocycles. The van der Waals surface area contributed by atoms with E-state index >= 15 is 0 Å². The first-order valence-electron chi connectivity index (χ1n) is 5.24. The van der Waals surface area contributed by atoms with E-state index in [0.717, 1.165) is 20.2 Å². The lowest BCUT2D eigenvalue weighted by molar-refractivity contribution is 0.177. The van der Waals surface area contributed by atoms with Crippen LogP contribution >= 0.6 is 23.1 Å². The molecule has 6 nitrogen and oxygen atoms in total. The highest BCUT2D eigenvalue weighted by molar-refractivity contribution is 8.01. The quantitative estimate of drug-likeness (QED) is 0.841. The van der Waals surface area contributed by atoms with E-state index in [1.807, 2.05) is 20.0 Å². The van der Waals surface area contributed by atoms with Gasteiger partial charge in [0.15, 0.2) is 10.2 Å². The second-order valence-electron chi connectivity index (χ2n) is 3.38. The number of nitrogens with zero attached hydrogens (tertiary/aromatic N) is 4. The molecule has 0 bridgehead atoms. The Morgan fingerprint density at radius 1 is 1.39 bits per heavy atom. The van der Waals surface area contributed by atoms with E-state index in [1.54, 1.807) is 18.4 Å². The maximum absolute atomic E-state index is 5.05. The number of nitrogens with one attached hydrogen (secondary N) is 1. The monoisotopic (exact) mass is 283 g/mol. The zero-order valence-corrected chi connectivity index (χ0v) is 11.9. The van der Waals surface area contributed by atoms with Crippen molar-refractivity contribution in [1.82, 2.24) is 20.2 Å². The first-order valence-corrected chi connectivity index (χ1v) is 6.87. The average molecular weight is 283 g/mol. The smallest absolute Gasteiger partial charge is 0.180 e. The van der Waals surface area contributed by atoms with Crippen molar-refractivity contribution in [2.45, 2.75) is 22.9 Å². The molecule has 0 spiro atoms. The summed E-state index contributed by atoms with van der Waals surface area (Å²) in [6, 6.07) is 1.88. The van der Waals surface area contributed by atoms with Crippen molar-refractivity contribution in [2.24, 2.45) is 0 Å². The number of hydrogen-bond donors (Lipinski definition) is 1. The largest absolute Gasteiger partial charge is 0.377 e. The van der Waals surface area contributed by atoms with Crippen LogP contribution in [-0.4, -0.2) is 34.3 Å². The molecule has 18 heavy (non-hydrogen) atoms. The maximum Gasteiger partial charge on any atom is 0.180 e. The minimum absolute atomic E-state index is 0.387. The first kappa shape index (κ1) is 13.2. The van der Waals surface area contributed by atoms with Crippen LogP contribution in [0.2, 0.25) is 0 Å². The van der Waals surface area contributed by atoms with E-state index in [2.05, 4.69) is 25.5 Å². The summed E-state index contributed by atoms with van der Waals surface area (Å²) >= 11 is 3.02. The van der Waals surface area contributed by atoms with Gasteiger partial charge in [0.1, 0.15) is 22.5 Å². The molecule has 0 atom stereocenters. The summed E-state index contributed by atoms with van der Waals surface area (Å²) in [5.74, 6) is 1.41. The van der Waals surface area contributed by atoms with Crippen molar-refractivity contribution in [2.75, 3.05) is 19.5 Å². The molecule has 0 aromatic carbocycles. The molecular formula is C10H13N5OS2. The van der Waals surface area contributed by atoms with Gasteiger partial charge in [-0.05, 0) is 18.7 Å². The summed E-state index contributed by atoms with van der Waals surface area (Å²) in [6.07, 6.45) is 0. The molecule has 2 rings (SSSR count). The van der Waals surface area contributed by atoms with Crippen molar-refractivity contribution in [3.05, 3.63) is 16.9 Å². The summed E-state index contributed by atoms with van der Waals surface area (Å²) in [7, 11) is 3.44. The molecule has 0 saturated heterocycles. The third-order valence-electron chi connectivity index (χ3n) is 1.98. The Kier molecular flexibility index (Phi) is 4.45. The molecule has 0 unspecified atom stereocenters. The zero-order chi connectivity index (χ0) is 13.0. The molecule has 96 valence electrons. The lowest BCUT2D eigenvalue weighted by Gasteiger charge is -2.05. The Morgan fingerprint density at radius 3 is 2.83 bits per heavy atom. The fraction of sp³-hybridized carbons (Fsp3) is 0.400. The number of anilines is 1. The van der Waals surface area contributed by atoms with Gasteiger partial charge in [-0.1, -0.05) is 11.3 Å². The lowest BCUT2D eigenvalue weighted by Crippen LogP contribution is -2.02. The highest BCUT2D eigenvalue weighted by Crippen LogP contribution is 2.29. The van der Waals surface area contributed by atoms with Crippen molar-refractivity contribution in [3.63, 3.8) is 0 Å².